The normalized spacial score (nSPS) is 15.6. The Kier molecular flexibility index (Phi) is 4.53. The summed E-state index contributed by atoms with van der Waals surface area (Å²) < 4.78 is 4.37. The van der Waals surface area contributed by atoms with Gasteiger partial charge in [-0.1, -0.05) is 18.2 Å². The Morgan fingerprint density at radius 3 is 2.64 bits per heavy atom. The molecule has 0 atom stereocenters. The SMILES string of the molecule is Cc1nc2n(CC[NH+]3CCCCC3)c3ccccc3n2c1C(=O)c1cccs1. The largest absolute Gasteiger partial charge is 0.333 e. The number of benzene rings is 1. The molecule has 0 spiro atoms. The summed E-state index contributed by atoms with van der Waals surface area (Å²) in [7, 11) is 0. The van der Waals surface area contributed by atoms with Crippen molar-refractivity contribution in [3.8, 4) is 0 Å². The second-order valence-electron chi connectivity index (χ2n) is 7.69. The highest BCUT2D eigenvalue weighted by molar-refractivity contribution is 7.12. The van der Waals surface area contributed by atoms with Gasteiger partial charge >= 0.3 is 0 Å². The fraction of sp³-hybridized carbons (Fsp3) is 0.364. The molecule has 5 rings (SSSR count). The number of imidazole rings is 2. The molecule has 4 aromatic rings. The molecule has 6 heteroatoms. The van der Waals surface area contributed by atoms with Gasteiger partial charge in [-0.2, -0.15) is 0 Å². The van der Waals surface area contributed by atoms with E-state index < -0.39 is 0 Å². The van der Waals surface area contributed by atoms with Gasteiger partial charge in [0.05, 0.1) is 47.8 Å². The number of aromatic nitrogens is 3. The Morgan fingerprint density at radius 2 is 1.89 bits per heavy atom. The van der Waals surface area contributed by atoms with Crippen molar-refractivity contribution in [3.05, 3.63) is 58.0 Å². The number of nitrogens with one attached hydrogen (secondary N) is 1. The molecule has 4 heterocycles. The molecule has 1 aromatic carbocycles. The zero-order valence-corrected chi connectivity index (χ0v) is 17.0. The van der Waals surface area contributed by atoms with E-state index in [4.69, 9.17) is 4.98 Å². The van der Waals surface area contributed by atoms with Gasteiger partial charge in [-0.15, -0.1) is 11.3 Å². The second-order valence-corrected chi connectivity index (χ2v) is 8.64. The Bertz CT molecular complexity index is 1130. The maximum absolute atomic E-state index is 13.2. The van der Waals surface area contributed by atoms with Gasteiger partial charge in [0.2, 0.25) is 11.6 Å². The third-order valence-corrected chi connectivity index (χ3v) is 6.77. The minimum absolute atomic E-state index is 0.0598. The number of nitrogens with zero attached hydrogens (tertiary/aromatic N) is 3. The molecule has 1 fully saturated rings. The Morgan fingerprint density at radius 1 is 1.11 bits per heavy atom. The van der Waals surface area contributed by atoms with Crippen LogP contribution in [0.25, 0.3) is 16.8 Å². The number of carbonyl (C=O) groups is 1. The number of piperidine rings is 1. The highest BCUT2D eigenvalue weighted by atomic mass is 32.1. The lowest BCUT2D eigenvalue weighted by atomic mass is 10.1. The standard InChI is InChI=1S/C22H24N4OS/c1-16-20(21(27)19-10-7-15-28-19)26-18-9-4-3-8-17(18)25(22(26)23-16)14-13-24-11-5-2-6-12-24/h3-4,7-10,15H,2,5-6,11-14H2,1H3/p+1. The van der Waals surface area contributed by atoms with Gasteiger partial charge in [0, 0.05) is 0 Å². The first kappa shape index (κ1) is 17.6. The van der Waals surface area contributed by atoms with Crippen LogP contribution in [-0.2, 0) is 6.54 Å². The van der Waals surface area contributed by atoms with Crippen LogP contribution >= 0.6 is 11.3 Å². The average Bonchev–Trinajstić information content (AvgIpc) is 3.43. The van der Waals surface area contributed by atoms with Crippen molar-refractivity contribution in [2.75, 3.05) is 19.6 Å². The van der Waals surface area contributed by atoms with Crippen molar-refractivity contribution in [1.29, 1.82) is 0 Å². The molecule has 5 nitrogen and oxygen atoms in total. The number of ketones is 1. The molecule has 0 amide bonds. The van der Waals surface area contributed by atoms with Crippen LogP contribution in [0.3, 0.4) is 0 Å². The number of quaternary nitrogens is 1. The number of hydrogen-bond donors (Lipinski definition) is 1. The van der Waals surface area contributed by atoms with Gasteiger partial charge in [-0.05, 0) is 49.8 Å². The minimum atomic E-state index is 0.0598. The molecule has 0 unspecified atom stereocenters. The van der Waals surface area contributed by atoms with E-state index in [-0.39, 0.29) is 5.78 Å². The molecule has 3 aromatic heterocycles. The first-order valence-electron chi connectivity index (χ1n) is 10.1. The van der Waals surface area contributed by atoms with E-state index in [1.54, 1.807) is 4.90 Å². The number of fused-ring (bicyclic) bond motifs is 3. The van der Waals surface area contributed by atoms with Gasteiger partial charge in [0.25, 0.3) is 0 Å². The number of carbonyl (C=O) groups excluding carboxylic acids is 1. The van der Waals surface area contributed by atoms with Crippen LogP contribution in [0.2, 0.25) is 0 Å². The number of thiophene rings is 1. The van der Waals surface area contributed by atoms with Gasteiger partial charge in [0.1, 0.15) is 5.69 Å². The zero-order valence-electron chi connectivity index (χ0n) is 16.1. The topological polar surface area (TPSA) is 43.7 Å². The molecule has 1 aliphatic rings. The molecular formula is C22H25N4OS+. The van der Waals surface area contributed by atoms with E-state index in [1.165, 1.54) is 43.7 Å². The van der Waals surface area contributed by atoms with Crippen molar-refractivity contribution in [2.24, 2.45) is 0 Å². The van der Waals surface area contributed by atoms with Gasteiger partial charge in [-0.25, -0.2) is 4.98 Å². The van der Waals surface area contributed by atoms with Crippen molar-refractivity contribution >= 4 is 33.9 Å². The molecule has 28 heavy (non-hydrogen) atoms. The number of aryl methyl sites for hydroxylation is 1. The van der Waals surface area contributed by atoms with Crippen LogP contribution in [-0.4, -0.2) is 39.4 Å². The highest BCUT2D eigenvalue weighted by Crippen LogP contribution is 2.26. The second kappa shape index (κ2) is 7.18. The fourth-order valence-corrected chi connectivity index (χ4v) is 5.16. The summed E-state index contributed by atoms with van der Waals surface area (Å²) in [5.41, 5.74) is 3.71. The van der Waals surface area contributed by atoms with Crippen molar-refractivity contribution in [3.63, 3.8) is 0 Å². The molecule has 1 saturated heterocycles. The fourth-order valence-electron chi connectivity index (χ4n) is 4.50. The van der Waals surface area contributed by atoms with Crippen LogP contribution in [0.15, 0.2) is 41.8 Å². The monoisotopic (exact) mass is 393 g/mol. The Labute approximate surface area is 168 Å². The van der Waals surface area contributed by atoms with Gasteiger partial charge in [-0.3, -0.25) is 9.20 Å². The number of likely N-dealkylation sites (tertiary alicyclic amines) is 1. The Hall–Kier alpha value is -2.44. The predicted molar refractivity (Wildman–Crippen MR) is 113 cm³/mol. The smallest absolute Gasteiger partial charge is 0.221 e. The quantitative estimate of drug-likeness (QED) is 0.530. The Balaban J connectivity index is 1.62. The van der Waals surface area contributed by atoms with Crippen molar-refractivity contribution < 1.29 is 9.69 Å². The zero-order chi connectivity index (χ0) is 19.1. The van der Waals surface area contributed by atoms with Crippen LogP contribution in [0.4, 0.5) is 0 Å². The minimum Gasteiger partial charge on any atom is -0.333 e. The number of para-hydroxylation sites is 2. The van der Waals surface area contributed by atoms with Crippen LogP contribution in [0, 0.1) is 6.92 Å². The maximum Gasteiger partial charge on any atom is 0.221 e. The maximum atomic E-state index is 13.2. The highest BCUT2D eigenvalue weighted by Gasteiger charge is 2.24. The first-order chi connectivity index (χ1) is 13.7. The molecule has 0 aliphatic carbocycles. The summed E-state index contributed by atoms with van der Waals surface area (Å²) in [4.78, 5) is 20.5. The first-order valence-corrected chi connectivity index (χ1v) is 11.0. The van der Waals surface area contributed by atoms with E-state index in [0.717, 1.165) is 40.5 Å². The molecule has 0 bridgehead atoms. The summed E-state index contributed by atoms with van der Waals surface area (Å²) in [5.74, 6) is 0.944. The van der Waals surface area contributed by atoms with Gasteiger partial charge < -0.3 is 9.47 Å². The summed E-state index contributed by atoms with van der Waals surface area (Å²) in [6, 6.07) is 12.2. The third-order valence-electron chi connectivity index (χ3n) is 5.90. The predicted octanol–water partition coefficient (Wildman–Crippen LogP) is 2.96. The van der Waals surface area contributed by atoms with E-state index in [1.807, 2.05) is 30.5 Å². The molecule has 1 N–H and O–H groups in total. The summed E-state index contributed by atoms with van der Waals surface area (Å²) in [5, 5.41) is 1.95. The molecule has 0 saturated carbocycles. The summed E-state index contributed by atoms with van der Waals surface area (Å²) in [6.07, 6.45) is 4.03. The van der Waals surface area contributed by atoms with E-state index in [9.17, 15) is 4.79 Å². The lowest BCUT2D eigenvalue weighted by molar-refractivity contribution is -0.905. The number of rotatable bonds is 5. The molecular weight excluding hydrogens is 368 g/mol. The molecule has 144 valence electrons. The van der Waals surface area contributed by atoms with E-state index in [0.29, 0.717) is 5.69 Å². The van der Waals surface area contributed by atoms with Gasteiger partial charge in [0.15, 0.2) is 0 Å². The van der Waals surface area contributed by atoms with Crippen LogP contribution in [0.1, 0.15) is 40.3 Å². The third kappa shape index (κ3) is 2.88. The lowest BCUT2D eigenvalue weighted by Gasteiger charge is -2.23. The molecule has 0 radical (unpaired) electrons. The van der Waals surface area contributed by atoms with E-state index >= 15 is 0 Å². The summed E-state index contributed by atoms with van der Waals surface area (Å²) >= 11 is 1.49. The van der Waals surface area contributed by atoms with Crippen molar-refractivity contribution in [2.45, 2.75) is 32.7 Å². The van der Waals surface area contributed by atoms with Crippen LogP contribution < -0.4 is 4.90 Å². The van der Waals surface area contributed by atoms with Crippen LogP contribution in [0.5, 0.6) is 0 Å². The lowest BCUT2D eigenvalue weighted by Crippen LogP contribution is -3.13. The van der Waals surface area contributed by atoms with Crippen molar-refractivity contribution in [1.82, 2.24) is 14.0 Å². The number of hydrogen-bond acceptors (Lipinski definition) is 3. The molecule has 1 aliphatic heterocycles. The van der Waals surface area contributed by atoms with E-state index in [2.05, 4.69) is 27.2 Å². The summed E-state index contributed by atoms with van der Waals surface area (Å²) in [6.45, 7) is 6.52. The average molecular weight is 394 g/mol.